The lowest BCUT2D eigenvalue weighted by Crippen LogP contribution is -2.11. The number of nitrogens with zero attached hydrogens (tertiary/aromatic N) is 5. The van der Waals surface area contributed by atoms with Gasteiger partial charge in [-0.05, 0) is 12.1 Å². The molecule has 0 aliphatic heterocycles. The molecule has 1 N–H and O–H groups in total. The summed E-state index contributed by atoms with van der Waals surface area (Å²) in [5.41, 5.74) is 2.41. The zero-order valence-corrected chi connectivity index (χ0v) is 10.6. The topological polar surface area (TPSA) is 90.9 Å². The largest absolute Gasteiger partial charge is 0.443 e. The molecule has 0 atom stereocenters. The first-order valence-corrected chi connectivity index (χ1v) is 5.82. The summed E-state index contributed by atoms with van der Waals surface area (Å²) in [7, 11) is 1.87. The van der Waals surface area contributed by atoms with Crippen LogP contribution in [0.5, 0.6) is 0 Å². The average molecular weight is 266 g/mol. The summed E-state index contributed by atoms with van der Waals surface area (Å²) in [4.78, 5) is 14.1. The van der Waals surface area contributed by atoms with E-state index in [1.54, 1.807) is 6.07 Å². The van der Waals surface area contributed by atoms with Gasteiger partial charge in [0.25, 0.3) is 0 Å². The third kappa shape index (κ3) is 2.10. The van der Waals surface area contributed by atoms with Gasteiger partial charge < -0.3 is 9.32 Å². The van der Waals surface area contributed by atoms with Gasteiger partial charge in [0.15, 0.2) is 18.2 Å². The summed E-state index contributed by atoms with van der Waals surface area (Å²) in [6.45, 7) is 0. The second kappa shape index (κ2) is 4.85. The average Bonchev–Trinajstić information content (AvgIpc) is 2.94. The quantitative estimate of drug-likeness (QED) is 0.574. The zero-order valence-electron chi connectivity index (χ0n) is 10.6. The Morgan fingerprint density at radius 2 is 2.15 bits per heavy atom. The molecule has 0 aliphatic carbocycles. The molecule has 7 nitrogen and oxygen atoms in total. The van der Waals surface area contributed by atoms with Gasteiger partial charge in [0.05, 0.1) is 0 Å². The van der Waals surface area contributed by atoms with Gasteiger partial charge >= 0.3 is 0 Å². The molecule has 0 bridgehead atoms. The smallest absolute Gasteiger partial charge is 0.182 e. The van der Waals surface area contributed by atoms with Gasteiger partial charge in [0.2, 0.25) is 0 Å². The SMILES string of the molecule is CN(c1ccc2ncoc2c1)c1cc(NC#N)ncn1. The van der Waals surface area contributed by atoms with Crippen molar-refractivity contribution in [3.8, 4) is 6.19 Å². The van der Waals surface area contributed by atoms with Gasteiger partial charge in [-0.1, -0.05) is 0 Å². The van der Waals surface area contributed by atoms with Crippen molar-refractivity contribution in [1.29, 1.82) is 5.26 Å². The van der Waals surface area contributed by atoms with E-state index in [-0.39, 0.29) is 0 Å². The fourth-order valence-corrected chi connectivity index (χ4v) is 1.84. The van der Waals surface area contributed by atoms with Gasteiger partial charge in [0.1, 0.15) is 23.5 Å². The van der Waals surface area contributed by atoms with Crippen LogP contribution in [0.3, 0.4) is 0 Å². The van der Waals surface area contributed by atoms with E-state index in [2.05, 4.69) is 20.3 Å². The fraction of sp³-hybridized carbons (Fsp3) is 0.0769. The number of benzene rings is 1. The maximum absolute atomic E-state index is 8.61. The van der Waals surface area contributed by atoms with E-state index in [0.717, 1.165) is 11.2 Å². The predicted octanol–water partition coefficient (Wildman–Crippen LogP) is 2.28. The summed E-state index contributed by atoms with van der Waals surface area (Å²) in [6, 6.07) is 7.36. The van der Waals surface area contributed by atoms with Crippen LogP contribution in [0, 0.1) is 11.5 Å². The highest BCUT2D eigenvalue weighted by Crippen LogP contribution is 2.26. The Balaban J connectivity index is 1.96. The van der Waals surface area contributed by atoms with Gasteiger partial charge in [-0.15, -0.1) is 0 Å². The monoisotopic (exact) mass is 266 g/mol. The van der Waals surface area contributed by atoms with E-state index in [1.165, 1.54) is 12.7 Å². The first kappa shape index (κ1) is 11.9. The molecule has 0 fully saturated rings. The van der Waals surface area contributed by atoms with Crippen LogP contribution in [0.4, 0.5) is 17.3 Å². The summed E-state index contributed by atoms with van der Waals surface area (Å²) in [5, 5.41) is 11.1. The molecule has 3 aromatic rings. The maximum Gasteiger partial charge on any atom is 0.182 e. The highest BCUT2D eigenvalue weighted by Gasteiger charge is 2.09. The van der Waals surface area contributed by atoms with E-state index >= 15 is 0 Å². The van der Waals surface area contributed by atoms with E-state index < -0.39 is 0 Å². The van der Waals surface area contributed by atoms with Crippen molar-refractivity contribution in [2.24, 2.45) is 0 Å². The molecular formula is C13H10N6O. The van der Waals surface area contributed by atoms with E-state index in [4.69, 9.17) is 9.68 Å². The Bertz CT molecular complexity index is 791. The summed E-state index contributed by atoms with van der Waals surface area (Å²) in [5.74, 6) is 1.11. The van der Waals surface area contributed by atoms with Crippen LogP contribution < -0.4 is 10.2 Å². The van der Waals surface area contributed by atoms with Crippen LogP contribution in [0.1, 0.15) is 0 Å². The highest BCUT2D eigenvalue weighted by molar-refractivity contribution is 5.78. The zero-order chi connectivity index (χ0) is 13.9. The first-order valence-electron chi connectivity index (χ1n) is 5.82. The number of hydrogen-bond donors (Lipinski definition) is 1. The molecule has 0 unspecified atom stereocenters. The lowest BCUT2D eigenvalue weighted by atomic mass is 10.2. The van der Waals surface area contributed by atoms with E-state index in [9.17, 15) is 0 Å². The molecule has 0 spiro atoms. The number of nitrogens with one attached hydrogen (secondary N) is 1. The van der Waals surface area contributed by atoms with Gasteiger partial charge in [0, 0.05) is 24.9 Å². The molecule has 0 radical (unpaired) electrons. The van der Waals surface area contributed by atoms with Crippen LogP contribution >= 0.6 is 0 Å². The molecule has 3 rings (SSSR count). The minimum absolute atomic E-state index is 0.449. The number of nitriles is 1. The normalized spacial score (nSPS) is 10.2. The fourth-order valence-electron chi connectivity index (χ4n) is 1.84. The molecule has 0 amide bonds. The number of rotatable bonds is 3. The van der Waals surface area contributed by atoms with E-state index in [0.29, 0.717) is 17.2 Å². The number of hydrogen-bond acceptors (Lipinski definition) is 7. The Morgan fingerprint density at radius 3 is 3.00 bits per heavy atom. The van der Waals surface area contributed by atoms with Crippen molar-refractivity contribution in [3.63, 3.8) is 0 Å². The molecular weight excluding hydrogens is 256 g/mol. The summed E-state index contributed by atoms with van der Waals surface area (Å²) >= 11 is 0. The van der Waals surface area contributed by atoms with Crippen molar-refractivity contribution >= 4 is 28.4 Å². The van der Waals surface area contributed by atoms with Crippen molar-refractivity contribution in [1.82, 2.24) is 15.0 Å². The number of aromatic nitrogens is 3. The predicted molar refractivity (Wildman–Crippen MR) is 73.3 cm³/mol. The van der Waals surface area contributed by atoms with Crippen LogP contribution in [0.15, 0.2) is 41.4 Å². The van der Waals surface area contributed by atoms with Gasteiger partial charge in [-0.3, -0.25) is 5.32 Å². The Hall–Kier alpha value is -3.14. The molecule has 0 saturated carbocycles. The third-order valence-electron chi connectivity index (χ3n) is 2.88. The molecule has 2 aromatic heterocycles. The second-order valence-electron chi connectivity index (χ2n) is 4.06. The van der Waals surface area contributed by atoms with Crippen LogP contribution in [0.2, 0.25) is 0 Å². The summed E-state index contributed by atoms with van der Waals surface area (Å²) < 4.78 is 5.28. The minimum Gasteiger partial charge on any atom is -0.443 e. The Kier molecular flexibility index (Phi) is 2.89. The van der Waals surface area contributed by atoms with Crippen molar-refractivity contribution in [2.75, 3.05) is 17.3 Å². The molecule has 20 heavy (non-hydrogen) atoms. The van der Waals surface area contributed by atoms with Crippen LogP contribution in [0.25, 0.3) is 11.1 Å². The van der Waals surface area contributed by atoms with Crippen LogP contribution in [-0.4, -0.2) is 22.0 Å². The maximum atomic E-state index is 8.61. The van der Waals surface area contributed by atoms with E-state index in [1.807, 2.05) is 36.3 Å². The number of oxazole rings is 1. The lowest BCUT2D eigenvalue weighted by Gasteiger charge is -2.18. The first-order chi connectivity index (χ1) is 9.78. The molecule has 0 saturated heterocycles. The second-order valence-corrected chi connectivity index (χ2v) is 4.06. The van der Waals surface area contributed by atoms with Crippen molar-refractivity contribution in [2.45, 2.75) is 0 Å². The Labute approximate surface area is 114 Å². The number of anilines is 3. The summed E-state index contributed by atoms with van der Waals surface area (Å²) in [6.07, 6.45) is 4.64. The standard InChI is InChI=1S/C13H10N6O/c1-19(13-5-12(15-6-14)16-7-17-13)9-2-3-10-11(4-9)20-8-18-10/h2-5,7-8H,1H3,(H,15,16,17). The molecule has 1 aromatic carbocycles. The van der Waals surface area contributed by atoms with Gasteiger partial charge in [-0.2, -0.15) is 5.26 Å². The molecule has 2 heterocycles. The van der Waals surface area contributed by atoms with Crippen molar-refractivity contribution in [3.05, 3.63) is 37.0 Å². The Morgan fingerprint density at radius 1 is 1.25 bits per heavy atom. The van der Waals surface area contributed by atoms with Crippen LogP contribution in [-0.2, 0) is 0 Å². The third-order valence-corrected chi connectivity index (χ3v) is 2.88. The number of fused-ring (bicyclic) bond motifs is 1. The molecule has 98 valence electrons. The van der Waals surface area contributed by atoms with Crippen molar-refractivity contribution < 1.29 is 4.42 Å². The molecule has 7 heteroatoms. The minimum atomic E-state index is 0.449. The highest BCUT2D eigenvalue weighted by atomic mass is 16.3. The van der Waals surface area contributed by atoms with Gasteiger partial charge in [-0.25, -0.2) is 15.0 Å². The lowest BCUT2D eigenvalue weighted by molar-refractivity contribution is 0.602. The molecule has 0 aliphatic rings.